The average molecular weight is 322 g/mol. The van der Waals surface area contributed by atoms with Gasteiger partial charge in [0.15, 0.2) is 0 Å². The highest BCUT2D eigenvalue weighted by Crippen LogP contribution is 2.32. The lowest BCUT2D eigenvalue weighted by Crippen LogP contribution is -2.14. The second-order valence-corrected chi connectivity index (χ2v) is 5.40. The van der Waals surface area contributed by atoms with Gasteiger partial charge in [-0.05, 0) is 32.0 Å². The Morgan fingerprint density at radius 2 is 2.23 bits per heavy atom. The maximum absolute atomic E-state index is 13.3. The average Bonchev–Trinajstić information content (AvgIpc) is 2.81. The van der Waals surface area contributed by atoms with E-state index >= 15 is 0 Å². The SMILES string of the molecule is Cc1c([C@@H](C)Nc2cn[nH]c(=O)c2Cl)oc2ccc(F)cc12. The fourth-order valence-corrected chi connectivity index (χ4v) is 2.55. The lowest BCUT2D eigenvalue weighted by molar-refractivity contribution is 0.521. The first-order chi connectivity index (χ1) is 10.5. The summed E-state index contributed by atoms with van der Waals surface area (Å²) in [5.74, 6) is 0.336. The van der Waals surface area contributed by atoms with Crippen LogP contribution < -0.4 is 10.9 Å². The largest absolute Gasteiger partial charge is 0.459 e. The Morgan fingerprint density at radius 1 is 1.45 bits per heavy atom. The van der Waals surface area contributed by atoms with Crippen LogP contribution in [0, 0.1) is 12.7 Å². The van der Waals surface area contributed by atoms with Crippen molar-refractivity contribution in [2.75, 3.05) is 5.32 Å². The number of hydrogen-bond acceptors (Lipinski definition) is 4. The van der Waals surface area contributed by atoms with E-state index in [9.17, 15) is 9.18 Å². The first kappa shape index (κ1) is 14.6. The molecule has 5 nitrogen and oxygen atoms in total. The lowest BCUT2D eigenvalue weighted by Gasteiger charge is -2.14. The van der Waals surface area contributed by atoms with Crippen molar-refractivity contribution in [3.63, 3.8) is 0 Å². The molecule has 1 atom stereocenters. The predicted molar refractivity (Wildman–Crippen MR) is 82.8 cm³/mol. The number of aryl methyl sites for hydroxylation is 1. The fraction of sp³-hybridized carbons (Fsp3) is 0.200. The van der Waals surface area contributed by atoms with Gasteiger partial charge in [-0.1, -0.05) is 11.6 Å². The third-order valence-electron chi connectivity index (χ3n) is 3.50. The van der Waals surface area contributed by atoms with Crippen LogP contribution in [0.25, 0.3) is 11.0 Å². The minimum absolute atomic E-state index is 0.0293. The maximum atomic E-state index is 13.3. The smallest absolute Gasteiger partial charge is 0.285 e. The molecule has 0 aliphatic carbocycles. The molecule has 0 aliphatic rings. The summed E-state index contributed by atoms with van der Waals surface area (Å²) in [4.78, 5) is 11.4. The van der Waals surface area contributed by atoms with Crippen molar-refractivity contribution in [3.8, 4) is 0 Å². The molecule has 2 N–H and O–H groups in total. The molecule has 0 fully saturated rings. The van der Waals surface area contributed by atoms with Crippen LogP contribution in [0.2, 0.25) is 5.02 Å². The molecule has 114 valence electrons. The van der Waals surface area contributed by atoms with Crippen molar-refractivity contribution < 1.29 is 8.81 Å². The van der Waals surface area contributed by atoms with E-state index in [1.54, 1.807) is 6.07 Å². The second-order valence-electron chi connectivity index (χ2n) is 5.02. The van der Waals surface area contributed by atoms with E-state index in [0.29, 0.717) is 17.0 Å². The fourth-order valence-electron chi connectivity index (χ4n) is 2.41. The Labute approximate surface area is 130 Å². The van der Waals surface area contributed by atoms with Gasteiger partial charge in [0.25, 0.3) is 5.56 Å². The highest BCUT2D eigenvalue weighted by molar-refractivity contribution is 6.32. The Balaban J connectivity index is 1.98. The minimum Gasteiger partial charge on any atom is -0.459 e. The number of nitrogens with one attached hydrogen (secondary N) is 2. The number of hydrogen-bond donors (Lipinski definition) is 2. The van der Waals surface area contributed by atoms with Gasteiger partial charge in [-0.15, -0.1) is 0 Å². The van der Waals surface area contributed by atoms with Crippen molar-refractivity contribution in [2.24, 2.45) is 0 Å². The number of rotatable bonds is 3. The summed E-state index contributed by atoms with van der Waals surface area (Å²) in [5.41, 5.74) is 1.38. The van der Waals surface area contributed by atoms with Crippen LogP contribution in [0.1, 0.15) is 24.3 Å². The van der Waals surface area contributed by atoms with Gasteiger partial charge in [0.05, 0.1) is 17.9 Å². The standard InChI is InChI=1S/C15H13ClFN3O2/c1-7-10-5-9(17)3-4-12(10)22-14(7)8(2)19-11-6-18-20-15(21)13(11)16/h3-6,8H,1-2H3,(H2,19,20,21)/t8-/m1/s1. The van der Waals surface area contributed by atoms with Crippen molar-refractivity contribution in [1.82, 2.24) is 10.2 Å². The Hall–Kier alpha value is -2.34. The van der Waals surface area contributed by atoms with E-state index in [1.807, 2.05) is 13.8 Å². The van der Waals surface area contributed by atoms with Crippen molar-refractivity contribution in [2.45, 2.75) is 19.9 Å². The van der Waals surface area contributed by atoms with Crippen LogP contribution >= 0.6 is 11.6 Å². The summed E-state index contributed by atoms with van der Waals surface area (Å²) in [5, 5.41) is 9.79. The zero-order valence-corrected chi connectivity index (χ0v) is 12.7. The molecule has 0 amide bonds. The first-order valence-electron chi connectivity index (χ1n) is 6.65. The van der Waals surface area contributed by atoms with Gasteiger partial charge < -0.3 is 9.73 Å². The minimum atomic E-state index is -0.470. The highest BCUT2D eigenvalue weighted by atomic mass is 35.5. The number of fused-ring (bicyclic) bond motifs is 1. The van der Waals surface area contributed by atoms with E-state index in [4.69, 9.17) is 16.0 Å². The zero-order chi connectivity index (χ0) is 15.9. The van der Waals surface area contributed by atoms with Gasteiger partial charge >= 0.3 is 0 Å². The van der Waals surface area contributed by atoms with Crippen molar-refractivity contribution >= 4 is 28.3 Å². The van der Waals surface area contributed by atoms with E-state index < -0.39 is 5.56 Å². The number of aromatic amines is 1. The van der Waals surface area contributed by atoms with Gasteiger partial charge in [-0.3, -0.25) is 4.79 Å². The number of H-pyrrole nitrogens is 1. The molecule has 7 heteroatoms. The number of benzene rings is 1. The van der Waals surface area contributed by atoms with Crippen LogP contribution in [0.5, 0.6) is 0 Å². The van der Waals surface area contributed by atoms with Gasteiger partial charge in [0, 0.05) is 10.9 Å². The summed E-state index contributed by atoms with van der Waals surface area (Å²) in [6, 6.07) is 4.11. The van der Waals surface area contributed by atoms with Gasteiger partial charge in [-0.25, -0.2) is 9.49 Å². The molecule has 2 heterocycles. The number of aromatic nitrogens is 2. The van der Waals surface area contributed by atoms with Crippen LogP contribution in [-0.4, -0.2) is 10.2 Å². The molecule has 1 aromatic carbocycles. The summed E-state index contributed by atoms with van der Waals surface area (Å²) in [6.07, 6.45) is 1.43. The van der Waals surface area contributed by atoms with Crippen LogP contribution in [-0.2, 0) is 0 Å². The molecule has 0 aliphatic heterocycles. The molecule has 3 rings (SSSR count). The molecule has 2 aromatic heterocycles. The molecule has 22 heavy (non-hydrogen) atoms. The molecular formula is C15H13ClFN3O2. The monoisotopic (exact) mass is 321 g/mol. The van der Waals surface area contributed by atoms with Crippen LogP contribution in [0.4, 0.5) is 10.1 Å². The molecule has 0 saturated heterocycles. The number of nitrogens with zero attached hydrogens (tertiary/aromatic N) is 1. The van der Waals surface area contributed by atoms with Gasteiger partial charge in [0.2, 0.25) is 0 Å². The summed E-state index contributed by atoms with van der Waals surface area (Å²) < 4.78 is 19.1. The molecule has 0 unspecified atom stereocenters. The summed E-state index contributed by atoms with van der Waals surface area (Å²) in [7, 11) is 0. The molecule has 0 spiro atoms. The maximum Gasteiger partial charge on any atom is 0.285 e. The molecule has 0 saturated carbocycles. The normalized spacial score (nSPS) is 12.5. The number of furan rings is 1. The van der Waals surface area contributed by atoms with E-state index in [0.717, 1.165) is 10.9 Å². The van der Waals surface area contributed by atoms with Gasteiger partial charge in [-0.2, -0.15) is 5.10 Å². The third-order valence-corrected chi connectivity index (χ3v) is 3.87. The van der Waals surface area contributed by atoms with Crippen molar-refractivity contribution in [3.05, 3.63) is 56.9 Å². The Bertz CT molecular complexity index is 903. The molecule has 0 radical (unpaired) electrons. The summed E-state index contributed by atoms with van der Waals surface area (Å²) >= 11 is 5.94. The van der Waals surface area contributed by atoms with Crippen LogP contribution in [0.3, 0.4) is 0 Å². The van der Waals surface area contributed by atoms with Crippen LogP contribution in [0.15, 0.2) is 33.6 Å². The second kappa shape index (κ2) is 5.46. The van der Waals surface area contributed by atoms with Crippen molar-refractivity contribution in [1.29, 1.82) is 0 Å². The topological polar surface area (TPSA) is 70.9 Å². The zero-order valence-electron chi connectivity index (χ0n) is 11.9. The lowest BCUT2D eigenvalue weighted by atomic mass is 10.1. The third kappa shape index (κ3) is 2.46. The van der Waals surface area contributed by atoms with Gasteiger partial charge in [0.1, 0.15) is 22.2 Å². The van der Waals surface area contributed by atoms with E-state index in [-0.39, 0.29) is 16.9 Å². The number of anilines is 1. The van der Waals surface area contributed by atoms with E-state index in [2.05, 4.69) is 15.5 Å². The highest BCUT2D eigenvalue weighted by Gasteiger charge is 2.18. The quantitative estimate of drug-likeness (QED) is 0.770. The Morgan fingerprint density at radius 3 is 3.00 bits per heavy atom. The number of halogens is 2. The predicted octanol–water partition coefficient (Wildman–Crippen LogP) is 3.79. The Kier molecular flexibility index (Phi) is 3.62. The molecule has 0 bridgehead atoms. The summed E-state index contributed by atoms with van der Waals surface area (Å²) in [6.45, 7) is 3.72. The van der Waals surface area contributed by atoms with E-state index in [1.165, 1.54) is 18.3 Å². The first-order valence-corrected chi connectivity index (χ1v) is 7.03. The molecular weight excluding hydrogens is 309 g/mol. The molecule has 3 aromatic rings.